The van der Waals surface area contributed by atoms with Gasteiger partial charge >= 0.3 is 0 Å². The van der Waals surface area contributed by atoms with Gasteiger partial charge in [-0.2, -0.15) is 4.98 Å². The first-order chi connectivity index (χ1) is 14.8. The van der Waals surface area contributed by atoms with Crippen LogP contribution >= 0.6 is 23.2 Å². The number of anilines is 1. The third kappa shape index (κ3) is 4.58. The van der Waals surface area contributed by atoms with E-state index >= 15 is 0 Å². The number of oxazole rings is 1. The zero-order valence-electron chi connectivity index (χ0n) is 15.8. The molecular formula is C22H15Cl2FN2O3S. The van der Waals surface area contributed by atoms with Gasteiger partial charge in [0, 0.05) is 11.6 Å². The first kappa shape index (κ1) is 21.4. The van der Waals surface area contributed by atoms with E-state index < -0.39 is 15.7 Å². The lowest BCUT2D eigenvalue weighted by Gasteiger charge is -2.06. The van der Waals surface area contributed by atoms with Gasteiger partial charge in [0.05, 0.1) is 15.5 Å². The molecule has 4 rings (SSSR count). The number of nitrogens with one attached hydrogen (secondary N) is 1. The van der Waals surface area contributed by atoms with E-state index in [-0.39, 0.29) is 28.2 Å². The standard InChI is InChI=1S/C22H15Cl2FN2O3S/c23-15-7-5-14(6-8-15)13-26-21-22(31(28,29)17-11-9-16(25)10-12-17)27-20(30-21)18-3-1-2-4-19(18)24/h1-12,26H,13H2. The summed E-state index contributed by atoms with van der Waals surface area (Å²) in [5.41, 5.74) is 1.30. The fraction of sp³-hybridized carbons (Fsp3) is 0.0455. The van der Waals surface area contributed by atoms with Gasteiger partial charge < -0.3 is 9.73 Å². The molecule has 31 heavy (non-hydrogen) atoms. The lowest BCUT2D eigenvalue weighted by atomic mass is 10.2. The Bertz CT molecular complexity index is 1320. The Balaban J connectivity index is 1.77. The van der Waals surface area contributed by atoms with Crippen LogP contribution in [0.15, 0.2) is 87.1 Å². The number of rotatable bonds is 6. The second-order valence-corrected chi connectivity index (χ2v) is 9.28. The van der Waals surface area contributed by atoms with Gasteiger partial charge in [-0.25, -0.2) is 12.8 Å². The lowest BCUT2D eigenvalue weighted by Crippen LogP contribution is -2.07. The van der Waals surface area contributed by atoms with Gasteiger partial charge in [-0.1, -0.05) is 47.5 Å². The first-order valence-electron chi connectivity index (χ1n) is 9.09. The molecule has 0 amide bonds. The summed E-state index contributed by atoms with van der Waals surface area (Å²) < 4.78 is 45.5. The molecule has 0 aliphatic carbocycles. The molecule has 0 aliphatic rings. The van der Waals surface area contributed by atoms with Gasteiger partial charge in [0.15, 0.2) is 0 Å². The van der Waals surface area contributed by atoms with Crippen molar-refractivity contribution in [3.8, 4) is 11.5 Å². The number of nitrogens with zero attached hydrogens (tertiary/aromatic N) is 1. The minimum atomic E-state index is -4.10. The van der Waals surface area contributed by atoms with Crippen molar-refractivity contribution in [1.82, 2.24) is 4.98 Å². The van der Waals surface area contributed by atoms with Crippen molar-refractivity contribution in [2.24, 2.45) is 0 Å². The molecule has 0 fully saturated rings. The summed E-state index contributed by atoms with van der Waals surface area (Å²) in [5, 5.41) is 3.61. The van der Waals surface area contributed by atoms with E-state index in [0.717, 1.165) is 17.7 Å². The molecular weight excluding hydrogens is 462 g/mol. The Morgan fingerprint density at radius 3 is 2.29 bits per heavy atom. The van der Waals surface area contributed by atoms with Gasteiger partial charge in [-0.05, 0) is 54.1 Å². The van der Waals surface area contributed by atoms with Crippen LogP contribution in [0.3, 0.4) is 0 Å². The maximum absolute atomic E-state index is 13.3. The van der Waals surface area contributed by atoms with Crippen LogP contribution in [0.25, 0.3) is 11.5 Å². The summed E-state index contributed by atoms with van der Waals surface area (Å²) in [7, 11) is -4.10. The third-order valence-electron chi connectivity index (χ3n) is 4.45. The lowest BCUT2D eigenvalue weighted by molar-refractivity contribution is 0.576. The fourth-order valence-electron chi connectivity index (χ4n) is 2.86. The van der Waals surface area contributed by atoms with Crippen LogP contribution < -0.4 is 5.32 Å². The van der Waals surface area contributed by atoms with Crippen LogP contribution in [0.4, 0.5) is 10.3 Å². The Kier molecular flexibility index (Phi) is 6.00. The molecule has 0 saturated carbocycles. The van der Waals surface area contributed by atoms with Crippen LogP contribution in [0.1, 0.15) is 5.56 Å². The zero-order valence-corrected chi connectivity index (χ0v) is 18.2. The quantitative estimate of drug-likeness (QED) is 0.333. The number of hydrogen-bond donors (Lipinski definition) is 1. The smallest absolute Gasteiger partial charge is 0.234 e. The molecule has 1 N–H and O–H groups in total. The molecule has 4 aromatic rings. The van der Waals surface area contributed by atoms with E-state index in [0.29, 0.717) is 15.6 Å². The molecule has 0 saturated heterocycles. The highest BCUT2D eigenvalue weighted by atomic mass is 35.5. The zero-order chi connectivity index (χ0) is 22.0. The Morgan fingerprint density at radius 2 is 1.61 bits per heavy atom. The number of halogens is 3. The van der Waals surface area contributed by atoms with E-state index in [1.807, 2.05) is 0 Å². The Labute approximate surface area is 188 Å². The van der Waals surface area contributed by atoms with Crippen LogP contribution in [-0.2, 0) is 16.4 Å². The average molecular weight is 477 g/mol. The molecule has 1 aromatic heterocycles. The van der Waals surface area contributed by atoms with Gasteiger partial charge in [-0.3, -0.25) is 0 Å². The summed E-state index contributed by atoms with van der Waals surface area (Å²) in [6.07, 6.45) is 0. The highest BCUT2D eigenvalue weighted by molar-refractivity contribution is 7.91. The molecule has 158 valence electrons. The molecule has 1 heterocycles. The van der Waals surface area contributed by atoms with Gasteiger partial charge in [0.1, 0.15) is 5.82 Å². The predicted octanol–water partition coefficient (Wildman–Crippen LogP) is 6.23. The molecule has 0 spiro atoms. The van der Waals surface area contributed by atoms with Crippen LogP contribution in [0, 0.1) is 5.82 Å². The molecule has 0 bridgehead atoms. The Morgan fingerprint density at radius 1 is 0.935 bits per heavy atom. The highest BCUT2D eigenvalue weighted by Gasteiger charge is 2.29. The molecule has 0 atom stereocenters. The summed E-state index contributed by atoms with van der Waals surface area (Å²) in [6, 6.07) is 18.4. The molecule has 0 radical (unpaired) electrons. The third-order valence-corrected chi connectivity index (χ3v) is 6.71. The van der Waals surface area contributed by atoms with Crippen molar-refractivity contribution in [3.05, 3.63) is 94.2 Å². The molecule has 9 heteroatoms. The van der Waals surface area contributed by atoms with Crippen LogP contribution in [0.2, 0.25) is 10.0 Å². The van der Waals surface area contributed by atoms with Crippen LogP contribution in [0.5, 0.6) is 0 Å². The molecule has 3 aromatic carbocycles. The number of aromatic nitrogens is 1. The number of benzene rings is 3. The molecule has 0 unspecified atom stereocenters. The van der Waals surface area contributed by atoms with E-state index in [1.165, 1.54) is 12.1 Å². The summed E-state index contributed by atoms with van der Waals surface area (Å²) >= 11 is 12.1. The van der Waals surface area contributed by atoms with Crippen molar-refractivity contribution < 1.29 is 17.2 Å². The van der Waals surface area contributed by atoms with E-state index in [1.54, 1.807) is 48.5 Å². The SMILES string of the molecule is O=S(=O)(c1ccc(F)cc1)c1nc(-c2ccccc2Cl)oc1NCc1ccc(Cl)cc1. The van der Waals surface area contributed by atoms with Crippen molar-refractivity contribution in [1.29, 1.82) is 0 Å². The van der Waals surface area contributed by atoms with E-state index in [9.17, 15) is 12.8 Å². The maximum Gasteiger partial charge on any atom is 0.234 e. The summed E-state index contributed by atoms with van der Waals surface area (Å²) in [5.74, 6) is -0.545. The fourth-order valence-corrected chi connectivity index (χ4v) is 4.48. The van der Waals surface area contributed by atoms with Crippen molar-refractivity contribution in [2.45, 2.75) is 16.5 Å². The highest BCUT2D eigenvalue weighted by Crippen LogP contribution is 2.35. The second kappa shape index (κ2) is 8.70. The van der Waals surface area contributed by atoms with Gasteiger partial charge in [0.25, 0.3) is 0 Å². The predicted molar refractivity (Wildman–Crippen MR) is 118 cm³/mol. The van der Waals surface area contributed by atoms with E-state index in [4.69, 9.17) is 27.6 Å². The Hall–Kier alpha value is -2.87. The minimum Gasteiger partial charge on any atom is -0.419 e. The normalized spacial score (nSPS) is 11.5. The molecule has 5 nitrogen and oxygen atoms in total. The second-order valence-electron chi connectivity index (χ2n) is 6.57. The number of hydrogen-bond acceptors (Lipinski definition) is 5. The summed E-state index contributed by atoms with van der Waals surface area (Å²) in [6.45, 7) is 0.264. The van der Waals surface area contributed by atoms with Crippen LogP contribution in [-0.4, -0.2) is 13.4 Å². The maximum atomic E-state index is 13.3. The van der Waals surface area contributed by atoms with E-state index in [2.05, 4.69) is 10.3 Å². The number of sulfone groups is 1. The monoisotopic (exact) mass is 476 g/mol. The molecule has 0 aliphatic heterocycles. The minimum absolute atomic E-state index is 0.0462. The van der Waals surface area contributed by atoms with Crippen molar-refractivity contribution in [3.63, 3.8) is 0 Å². The van der Waals surface area contributed by atoms with Gasteiger partial charge in [-0.15, -0.1) is 0 Å². The largest absolute Gasteiger partial charge is 0.419 e. The summed E-state index contributed by atoms with van der Waals surface area (Å²) in [4.78, 5) is 4.11. The van der Waals surface area contributed by atoms with Crippen molar-refractivity contribution >= 4 is 38.9 Å². The first-order valence-corrected chi connectivity index (χ1v) is 11.3. The van der Waals surface area contributed by atoms with Gasteiger partial charge in [0.2, 0.25) is 26.6 Å². The average Bonchev–Trinajstić information content (AvgIpc) is 3.19. The topological polar surface area (TPSA) is 72.2 Å². The van der Waals surface area contributed by atoms with Crippen molar-refractivity contribution in [2.75, 3.05) is 5.32 Å².